The molecule has 2 heterocycles. The zero-order chi connectivity index (χ0) is 22.8. The van der Waals surface area contributed by atoms with Crippen molar-refractivity contribution in [3.8, 4) is 0 Å². The minimum atomic E-state index is 0.0110. The average molecular weight is 446 g/mol. The average Bonchev–Trinajstić information content (AvgIpc) is 3.66. The van der Waals surface area contributed by atoms with Gasteiger partial charge in [0.1, 0.15) is 0 Å². The van der Waals surface area contributed by atoms with Crippen molar-refractivity contribution < 1.29 is 9.59 Å². The Morgan fingerprint density at radius 3 is 2.36 bits per heavy atom. The molecule has 2 aromatic carbocycles. The van der Waals surface area contributed by atoms with E-state index in [1.165, 1.54) is 12.0 Å². The quantitative estimate of drug-likeness (QED) is 0.680. The normalized spacial score (nSPS) is 23.3. The first-order chi connectivity index (χ1) is 16.1. The molecule has 2 atom stereocenters. The van der Waals surface area contributed by atoms with Crippen LogP contribution >= 0.6 is 0 Å². The summed E-state index contributed by atoms with van der Waals surface area (Å²) in [7, 11) is 0. The molecule has 3 aliphatic rings. The van der Waals surface area contributed by atoms with Gasteiger partial charge in [0, 0.05) is 43.5 Å². The Labute approximate surface area is 197 Å². The second-order valence-electron chi connectivity index (χ2n) is 10.1. The Kier molecular flexibility index (Phi) is 6.39. The lowest BCUT2D eigenvalue weighted by atomic mass is 9.98. The Bertz CT molecular complexity index is 991. The Hall–Kier alpha value is -2.82. The number of hydrogen-bond acceptors (Lipinski definition) is 3. The van der Waals surface area contributed by atoms with Gasteiger partial charge in [0.05, 0.1) is 5.56 Å². The van der Waals surface area contributed by atoms with Crippen LogP contribution in [0.5, 0.6) is 0 Å². The molecule has 33 heavy (non-hydrogen) atoms. The summed E-state index contributed by atoms with van der Waals surface area (Å²) < 4.78 is 0. The van der Waals surface area contributed by atoms with E-state index in [0.717, 1.165) is 75.2 Å². The smallest absolute Gasteiger partial charge is 0.256 e. The van der Waals surface area contributed by atoms with Gasteiger partial charge in [-0.25, -0.2) is 0 Å². The lowest BCUT2D eigenvalue weighted by molar-refractivity contribution is -0.117. The molecule has 0 spiro atoms. The van der Waals surface area contributed by atoms with E-state index in [1.54, 1.807) is 0 Å². The third-order valence-corrected chi connectivity index (χ3v) is 7.62. The lowest BCUT2D eigenvalue weighted by Gasteiger charge is -2.34. The van der Waals surface area contributed by atoms with Crippen LogP contribution in [0.25, 0.3) is 0 Å². The molecule has 5 heteroatoms. The van der Waals surface area contributed by atoms with Crippen LogP contribution in [-0.4, -0.2) is 42.9 Å². The van der Waals surface area contributed by atoms with Crippen LogP contribution in [0, 0.1) is 11.8 Å². The first kappa shape index (κ1) is 22.0. The zero-order valence-electron chi connectivity index (χ0n) is 19.6. The molecule has 1 saturated carbocycles. The van der Waals surface area contributed by atoms with Crippen molar-refractivity contribution in [2.24, 2.45) is 11.8 Å². The molecule has 5 rings (SSSR count). The fourth-order valence-corrected chi connectivity index (χ4v) is 5.37. The van der Waals surface area contributed by atoms with Crippen molar-refractivity contribution in [2.75, 3.05) is 36.4 Å². The van der Waals surface area contributed by atoms with E-state index in [-0.39, 0.29) is 17.7 Å². The van der Waals surface area contributed by atoms with Crippen LogP contribution in [0.1, 0.15) is 67.3 Å². The van der Waals surface area contributed by atoms with E-state index in [9.17, 15) is 9.59 Å². The maximum atomic E-state index is 13.6. The summed E-state index contributed by atoms with van der Waals surface area (Å²) in [6, 6.07) is 16.2. The zero-order valence-corrected chi connectivity index (χ0v) is 19.6. The number of rotatable bonds is 5. The predicted molar refractivity (Wildman–Crippen MR) is 133 cm³/mol. The summed E-state index contributed by atoms with van der Waals surface area (Å²) in [4.78, 5) is 30.9. The second-order valence-corrected chi connectivity index (χ2v) is 10.1. The summed E-state index contributed by atoms with van der Waals surface area (Å²) in [6.07, 6.45) is 6.58. The van der Waals surface area contributed by atoms with Crippen molar-refractivity contribution in [1.29, 1.82) is 0 Å². The highest BCUT2D eigenvalue weighted by Gasteiger charge is 2.43. The van der Waals surface area contributed by atoms with Gasteiger partial charge in [-0.3, -0.25) is 9.59 Å². The maximum absolute atomic E-state index is 13.6. The van der Waals surface area contributed by atoms with Gasteiger partial charge in [-0.15, -0.1) is 0 Å². The van der Waals surface area contributed by atoms with Crippen LogP contribution in [0.2, 0.25) is 0 Å². The van der Waals surface area contributed by atoms with Crippen LogP contribution in [0.3, 0.4) is 0 Å². The number of piperidine rings is 2. The molecule has 2 aliphatic heterocycles. The predicted octanol–water partition coefficient (Wildman–Crippen LogP) is 5.29. The van der Waals surface area contributed by atoms with E-state index in [2.05, 4.69) is 29.3 Å². The van der Waals surface area contributed by atoms with Gasteiger partial charge in [-0.2, -0.15) is 0 Å². The molecular formula is C28H35N3O2. The van der Waals surface area contributed by atoms with Gasteiger partial charge >= 0.3 is 0 Å². The van der Waals surface area contributed by atoms with Crippen LogP contribution < -0.4 is 10.2 Å². The molecule has 2 unspecified atom stereocenters. The van der Waals surface area contributed by atoms with Gasteiger partial charge in [0.15, 0.2) is 0 Å². The van der Waals surface area contributed by atoms with Crippen LogP contribution in [0.4, 0.5) is 11.4 Å². The fraction of sp³-hybridized carbons (Fsp3) is 0.500. The van der Waals surface area contributed by atoms with Gasteiger partial charge in [0.25, 0.3) is 5.91 Å². The standard InChI is InChI=1S/C28H35N3O2/c1-20-12-16-31(17-13-20)28(33)25-18-22(10-11-26(25)30-14-6-3-7-15-30)29-27(32)24-19-23(24)21-8-4-2-5-9-21/h2,4-5,8-11,18,20,23-24H,3,6-7,12-17,19H2,1H3,(H,29,32). The van der Waals surface area contributed by atoms with Gasteiger partial charge < -0.3 is 15.1 Å². The van der Waals surface area contributed by atoms with Gasteiger partial charge in [-0.05, 0) is 74.1 Å². The molecule has 0 aromatic heterocycles. The molecule has 2 amide bonds. The maximum Gasteiger partial charge on any atom is 0.256 e. The van der Waals surface area contributed by atoms with Crippen molar-refractivity contribution >= 4 is 23.2 Å². The Morgan fingerprint density at radius 2 is 1.64 bits per heavy atom. The second kappa shape index (κ2) is 9.58. The van der Waals surface area contributed by atoms with E-state index >= 15 is 0 Å². The molecule has 0 radical (unpaired) electrons. The third-order valence-electron chi connectivity index (χ3n) is 7.62. The summed E-state index contributed by atoms with van der Waals surface area (Å²) >= 11 is 0. The van der Waals surface area contributed by atoms with E-state index < -0.39 is 0 Å². The minimum absolute atomic E-state index is 0.0110. The number of carbonyl (C=O) groups is 2. The van der Waals surface area contributed by atoms with Gasteiger partial charge in [-0.1, -0.05) is 37.3 Å². The molecule has 3 fully saturated rings. The van der Waals surface area contributed by atoms with Gasteiger partial charge in [0.2, 0.25) is 5.91 Å². The highest BCUT2D eigenvalue weighted by Crippen LogP contribution is 2.48. The van der Waals surface area contributed by atoms with E-state index in [1.807, 2.05) is 41.3 Å². The van der Waals surface area contributed by atoms with Crippen LogP contribution in [-0.2, 0) is 4.79 Å². The molecular weight excluding hydrogens is 410 g/mol. The van der Waals surface area contributed by atoms with Crippen molar-refractivity contribution in [3.63, 3.8) is 0 Å². The summed E-state index contributed by atoms with van der Waals surface area (Å²) in [5.41, 5.74) is 3.71. The number of amides is 2. The molecule has 0 bridgehead atoms. The molecule has 5 nitrogen and oxygen atoms in total. The molecule has 174 valence electrons. The summed E-state index contributed by atoms with van der Waals surface area (Å²) in [5.74, 6) is 1.15. The van der Waals surface area contributed by atoms with Crippen LogP contribution in [0.15, 0.2) is 48.5 Å². The van der Waals surface area contributed by atoms with E-state index in [4.69, 9.17) is 0 Å². The minimum Gasteiger partial charge on any atom is -0.371 e. The Balaban J connectivity index is 1.34. The SMILES string of the molecule is CC1CCN(C(=O)c2cc(NC(=O)C3CC3c3ccccc3)ccc2N2CCCCC2)CC1. The molecule has 2 saturated heterocycles. The first-order valence-electron chi connectivity index (χ1n) is 12.6. The van der Waals surface area contributed by atoms with E-state index in [0.29, 0.717) is 11.8 Å². The number of nitrogens with zero attached hydrogens (tertiary/aromatic N) is 2. The number of benzene rings is 2. The monoisotopic (exact) mass is 445 g/mol. The molecule has 1 N–H and O–H groups in total. The number of carbonyl (C=O) groups excluding carboxylic acids is 2. The topological polar surface area (TPSA) is 52.7 Å². The lowest BCUT2D eigenvalue weighted by Crippen LogP contribution is -2.39. The first-order valence-corrected chi connectivity index (χ1v) is 12.6. The molecule has 1 aliphatic carbocycles. The molecule has 2 aromatic rings. The third kappa shape index (κ3) is 4.92. The Morgan fingerprint density at radius 1 is 0.909 bits per heavy atom. The number of hydrogen-bond donors (Lipinski definition) is 1. The van der Waals surface area contributed by atoms with Crippen molar-refractivity contribution in [3.05, 3.63) is 59.7 Å². The van der Waals surface area contributed by atoms with Crippen molar-refractivity contribution in [1.82, 2.24) is 4.90 Å². The number of likely N-dealkylation sites (tertiary alicyclic amines) is 1. The summed E-state index contributed by atoms with van der Waals surface area (Å²) in [5, 5.41) is 3.11. The van der Waals surface area contributed by atoms with Crippen molar-refractivity contribution in [2.45, 2.75) is 51.4 Å². The number of nitrogens with one attached hydrogen (secondary N) is 1. The fourth-order valence-electron chi connectivity index (χ4n) is 5.37. The summed E-state index contributed by atoms with van der Waals surface area (Å²) in [6.45, 7) is 5.87. The number of anilines is 2. The highest BCUT2D eigenvalue weighted by atomic mass is 16.2. The highest BCUT2D eigenvalue weighted by molar-refractivity contribution is 6.02. The largest absolute Gasteiger partial charge is 0.371 e.